The fourth-order valence-electron chi connectivity index (χ4n) is 3.96. The third-order valence-corrected chi connectivity index (χ3v) is 7.55. The van der Waals surface area contributed by atoms with Crippen LogP contribution < -0.4 is 14.9 Å². The predicted octanol–water partition coefficient (Wildman–Crippen LogP) is 3.64. The van der Waals surface area contributed by atoms with Gasteiger partial charge in [-0.05, 0) is 74.6 Å². The van der Waals surface area contributed by atoms with Crippen LogP contribution in [0.1, 0.15) is 37.3 Å². The molecule has 32 heavy (non-hydrogen) atoms. The summed E-state index contributed by atoms with van der Waals surface area (Å²) >= 11 is 5.96. The van der Waals surface area contributed by atoms with Crippen LogP contribution in [0.5, 0.6) is 0 Å². The molecule has 0 unspecified atom stereocenters. The summed E-state index contributed by atoms with van der Waals surface area (Å²) in [5.41, 5.74) is 3.11. The molecule has 0 radical (unpaired) electrons. The first kappa shape index (κ1) is 22.8. The Morgan fingerprint density at radius 1 is 1.16 bits per heavy atom. The smallest absolute Gasteiger partial charge is 0.240 e. The summed E-state index contributed by atoms with van der Waals surface area (Å²) in [6, 6.07) is 10.1. The van der Waals surface area contributed by atoms with Crippen molar-refractivity contribution < 1.29 is 18.0 Å². The SMILES string of the molecule is Cc1ccc(Cl)cc1NC(=O)CCNS(=O)(=O)c1ccc2c(c1)C[C@@H](C)N2C(=O)C1CC1. The van der Waals surface area contributed by atoms with Crippen LogP contribution >= 0.6 is 11.6 Å². The van der Waals surface area contributed by atoms with Gasteiger partial charge in [0.25, 0.3) is 0 Å². The maximum Gasteiger partial charge on any atom is 0.240 e. The average Bonchev–Trinajstić information content (AvgIpc) is 3.52. The molecule has 2 amide bonds. The second-order valence-corrected chi connectivity index (χ2v) is 10.7. The molecule has 1 aliphatic carbocycles. The number of halogens is 1. The van der Waals surface area contributed by atoms with E-state index in [1.165, 1.54) is 6.07 Å². The number of nitrogens with zero attached hydrogens (tertiary/aromatic N) is 1. The van der Waals surface area contributed by atoms with E-state index in [-0.39, 0.29) is 41.6 Å². The molecule has 1 atom stereocenters. The van der Waals surface area contributed by atoms with Crippen molar-refractivity contribution in [2.75, 3.05) is 16.8 Å². The zero-order valence-corrected chi connectivity index (χ0v) is 19.6. The monoisotopic (exact) mass is 475 g/mol. The fraction of sp³-hybridized carbons (Fsp3) is 0.391. The van der Waals surface area contributed by atoms with E-state index in [0.717, 1.165) is 29.7 Å². The molecule has 1 fully saturated rings. The van der Waals surface area contributed by atoms with Crippen molar-refractivity contribution in [3.8, 4) is 0 Å². The predicted molar refractivity (Wildman–Crippen MR) is 124 cm³/mol. The van der Waals surface area contributed by atoms with Gasteiger partial charge in [0.1, 0.15) is 0 Å². The van der Waals surface area contributed by atoms with Gasteiger partial charge in [-0.3, -0.25) is 9.59 Å². The Morgan fingerprint density at radius 2 is 1.91 bits per heavy atom. The van der Waals surface area contributed by atoms with Crippen LogP contribution in [0.2, 0.25) is 5.02 Å². The number of hydrogen-bond donors (Lipinski definition) is 2. The van der Waals surface area contributed by atoms with Gasteiger partial charge in [0.05, 0.1) is 4.90 Å². The molecule has 9 heteroatoms. The van der Waals surface area contributed by atoms with Crippen molar-refractivity contribution in [1.82, 2.24) is 4.72 Å². The molecule has 4 rings (SSSR count). The number of benzene rings is 2. The van der Waals surface area contributed by atoms with E-state index in [9.17, 15) is 18.0 Å². The van der Waals surface area contributed by atoms with E-state index in [4.69, 9.17) is 11.6 Å². The summed E-state index contributed by atoms with van der Waals surface area (Å²) < 4.78 is 28.0. The maximum atomic E-state index is 12.7. The van der Waals surface area contributed by atoms with Crippen molar-refractivity contribution in [3.63, 3.8) is 0 Å². The summed E-state index contributed by atoms with van der Waals surface area (Å²) in [4.78, 5) is 26.7. The van der Waals surface area contributed by atoms with Crippen LogP contribution in [0.15, 0.2) is 41.3 Å². The molecular weight excluding hydrogens is 450 g/mol. The van der Waals surface area contributed by atoms with Crippen molar-refractivity contribution in [2.45, 2.75) is 50.5 Å². The standard InChI is InChI=1S/C23H26ClN3O4S/c1-14-3-6-18(24)13-20(14)26-22(28)9-10-25-32(30,31)19-7-8-21-17(12-19)11-15(2)27(21)23(29)16-4-5-16/h3,6-8,12-13,15-16,25H,4-5,9-11H2,1-2H3,(H,26,28)/t15-/m1/s1. The van der Waals surface area contributed by atoms with Gasteiger partial charge >= 0.3 is 0 Å². The summed E-state index contributed by atoms with van der Waals surface area (Å²) in [6.45, 7) is 3.79. The van der Waals surface area contributed by atoms with Gasteiger partial charge in [-0.2, -0.15) is 0 Å². The number of anilines is 2. The summed E-state index contributed by atoms with van der Waals surface area (Å²) in [5.74, 6) is -0.0728. The maximum absolute atomic E-state index is 12.7. The van der Waals surface area contributed by atoms with Gasteiger partial charge in [0.2, 0.25) is 21.8 Å². The van der Waals surface area contributed by atoms with Crippen LogP contribution in [0.3, 0.4) is 0 Å². The highest BCUT2D eigenvalue weighted by Gasteiger charge is 2.39. The Balaban J connectivity index is 1.38. The summed E-state index contributed by atoms with van der Waals surface area (Å²) in [7, 11) is -3.78. The number of nitrogens with one attached hydrogen (secondary N) is 2. The lowest BCUT2D eigenvalue weighted by Crippen LogP contribution is -2.36. The number of sulfonamides is 1. The lowest BCUT2D eigenvalue weighted by Gasteiger charge is -2.22. The zero-order valence-electron chi connectivity index (χ0n) is 18.0. The first-order chi connectivity index (χ1) is 15.2. The number of carbonyl (C=O) groups is 2. The van der Waals surface area contributed by atoms with Crippen LogP contribution in [0.4, 0.5) is 11.4 Å². The minimum atomic E-state index is -3.78. The molecule has 1 heterocycles. The number of fused-ring (bicyclic) bond motifs is 1. The number of amides is 2. The van der Waals surface area contributed by atoms with Gasteiger partial charge in [-0.25, -0.2) is 13.1 Å². The molecule has 170 valence electrons. The Kier molecular flexibility index (Phi) is 6.29. The molecule has 2 aliphatic rings. The topological polar surface area (TPSA) is 95.6 Å². The first-order valence-electron chi connectivity index (χ1n) is 10.7. The molecule has 0 bridgehead atoms. The molecule has 2 aromatic rings. The summed E-state index contributed by atoms with van der Waals surface area (Å²) in [5, 5.41) is 3.26. The highest BCUT2D eigenvalue weighted by molar-refractivity contribution is 7.89. The van der Waals surface area contributed by atoms with Crippen LogP contribution in [0, 0.1) is 12.8 Å². The number of aryl methyl sites for hydroxylation is 1. The molecule has 0 saturated heterocycles. The second kappa shape index (κ2) is 8.84. The highest BCUT2D eigenvalue weighted by atomic mass is 35.5. The van der Waals surface area contributed by atoms with E-state index in [0.29, 0.717) is 17.1 Å². The van der Waals surface area contributed by atoms with Crippen LogP contribution in [0.25, 0.3) is 0 Å². The van der Waals surface area contributed by atoms with Gasteiger partial charge in [-0.1, -0.05) is 17.7 Å². The number of rotatable bonds is 7. The van der Waals surface area contributed by atoms with E-state index < -0.39 is 10.0 Å². The van der Waals surface area contributed by atoms with E-state index in [1.807, 2.05) is 13.8 Å². The number of hydrogen-bond acceptors (Lipinski definition) is 4. The zero-order chi connectivity index (χ0) is 23.0. The molecule has 2 aromatic carbocycles. The van der Waals surface area contributed by atoms with Crippen molar-refractivity contribution in [2.24, 2.45) is 5.92 Å². The largest absolute Gasteiger partial charge is 0.326 e. The third-order valence-electron chi connectivity index (χ3n) is 5.86. The lowest BCUT2D eigenvalue weighted by molar-refractivity contribution is -0.120. The summed E-state index contributed by atoms with van der Waals surface area (Å²) in [6.07, 6.45) is 2.46. The first-order valence-corrected chi connectivity index (χ1v) is 12.5. The quantitative estimate of drug-likeness (QED) is 0.639. The highest BCUT2D eigenvalue weighted by Crippen LogP contribution is 2.39. The Bertz CT molecular complexity index is 1180. The van der Waals surface area contributed by atoms with Gasteiger partial charge in [-0.15, -0.1) is 0 Å². The fourth-order valence-corrected chi connectivity index (χ4v) is 5.22. The van der Waals surface area contributed by atoms with E-state index >= 15 is 0 Å². The molecule has 1 aliphatic heterocycles. The lowest BCUT2D eigenvalue weighted by atomic mass is 10.1. The average molecular weight is 476 g/mol. The molecule has 0 spiro atoms. The molecule has 2 N–H and O–H groups in total. The minimum absolute atomic E-state index is 0.0163. The van der Waals surface area contributed by atoms with Gasteiger partial charge in [0, 0.05) is 41.3 Å². The Labute approximate surface area is 193 Å². The molecule has 7 nitrogen and oxygen atoms in total. The van der Waals surface area contributed by atoms with E-state index in [2.05, 4.69) is 10.0 Å². The van der Waals surface area contributed by atoms with Crippen LogP contribution in [-0.2, 0) is 26.0 Å². The van der Waals surface area contributed by atoms with Crippen LogP contribution in [-0.4, -0.2) is 32.8 Å². The van der Waals surface area contributed by atoms with Crippen molar-refractivity contribution in [3.05, 3.63) is 52.5 Å². The van der Waals surface area contributed by atoms with E-state index in [1.54, 1.807) is 35.2 Å². The molecule has 0 aromatic heterocycles. The minimum Gasteiger partial charge on any atom is -0.326 e. The van der Waals surface area contributed by atoms with Crippen molar-refractivity contribution in [1.29, 1.82) is 0 Å². The second-order valence-electron chi connectivity index (χ2n) is 8.48. The van der Waals surface area contributed by atoms with Gasteiger partial charge < -0.3 is 10.2 Å². The third kappa shape index (κ3) is 4.82. The van der Waals surface area contributed by atoms with Gasteiger partial charge in [0.15, 0.2) is 0 Å². The molecular formula is C23H26ClN3O4S. The van der Waals surface area contributed by atoms with Crippen molar-refractivity contribution >= 4 is 44.8 Å². The Morgan fingerprint density at radius 3 is 2.62 bits per heavy atom. The number of carbonyl (C=O) groups excluding carboxylic acids is 2. The Hall–Kier alpha value is -2.42. The molecule has 1 saturated carbocycles. The normalized spacial score (nSPS) is 17.8.